The maximum Gasteiger partial charge on any atom is 0.251 e. The monoisotopic (exact) mass is 342 g/mol. The molecule has 0 spiro atoms. The fourth-order valence-electron chi connectivity index (χ4n) is 2.52. The van der Waals surface area contributed by atoms with E-state index in [0.717, 1.165) is 11.0 Å². The second kappa shape index (κ2) is 6.61. The lowest BCUT2D eigenvalue weighted by Gasteiger charge is -2.25. The highest BCUT2D eigenvalue weighted by atomic mass is 35.5. The first kappa shape index (κ1) is 16.5. The maximum atomic E-state index is 12.2. The summed E-state index contributed by atoms with van der Waals surface area (Å²) >= 11 is 5.85. The molecule has 6 heteroatoms. The number of benzene rings is 2. The minimum Gasteiger partial charge on any atom is -0.351 e. The number of nitrogens with zero attached hydrogens (tertiary/aromatic N) is 3. The third kappa shape index (κ3) is 3.74. The van der Waals surface area contributed by atoms with Gasteiger partial charge in [0, 0.05) is 22.5 Å². The minimum atomic E-state index is -0.168. The third-order valence-corrected chi connectivity index (χ3v) is 4.08. The van der Waals surface area contributed by atoms with Crippen molar-refractivity contribution in [2.45, 2.75) is 20.4 Å². The highest BCUT2D eigenvalue weighted by Gasteiger charge is 2.22. The number of amides is 1. The van der Waals surface area contributed by atoms with Crippen LogP contribution in [0.5, 0.6) is 0 Å². The molecule has 1 N–H and O–H groups in total. The van der Waals surface area contributed by atoms with Crippen LogP contribution in [0.4, 0.5) is 0 Å². The molecular weight excluding hydrogens is 324 g/mol. The van der Waals surface area contributed by atoms with Crippen molar-refractivity contribution in [1.82, 2.24) is 20.3 Å². The molecule has 0 saturated heterocycles. The molecule has 0 radical (unpaired) electrons. The summed E-state index contributed by atoms with van der Waals surface area (Å²) in [7, 11) is 0. The van der Waals surface area contributed by atoms with Crippen LogP contribution in [0.1, 0.15) is 24.2 Å². The number of nitrogens with one attached hydrogen (secondary N) is 1. The summed E-state index contributed by atoms with van der Waals surface area (Å²) in [6.07, 6.45) is 0. The smallest absolute Gasteiger partial charge is 0.251 e. The van der Waals surface area contributed by atoms with E-state index in [2.05, 4.69) is 29.5 Å². The highest BCUT2D eigenvalue weighted by Crippen LogP contribution is 2.20. The molecule has 24 heavy (non-hydrogen) atoms. The molecule has 0 aliphatic rings. The summed E-state index contributed by atoms with van der Waals surface area (Å²) in [4.78, 5) is 12.2. The molecule has 0 bridgehead atoms. The first-order valence-corrected chi connectivity index (χ1v) is 8.14. The van der Waals surface area contributed by atoms with Gasteiger partial charge in [-0.25, -0.2) is 4.68 Å². The predicted octanol–water partition coefficient (Wildman–Crippen LogP) is 3.54. The largest absolute Gasteiger partial charge is 0.351 e. The van der Waals surface area contributed by atoms with Crippen LogP contribution in [0.2, 0.25) is 5.02 Å². The Morgan fingerprint density at radius 3 is 2.62 bits per heavy atom. The molecule has 0 aliphatic heterocycles. The lowest BCUT2D eigenvalue weighted by molar-refractivity contribution is 0.0932. The third-order valence-electron chi connectivity index (χ3n) is 3.83. The average molecular weight is 343 g/mol. The van der Waals surface area contributed by atoms with Gasteiger partial charge in [-0.15, -0.1) is 5.10 Å². The molecule has 1 aromatic heterocycles. The van der Waals surface area contributed by atoms with Gasteiger partial charge in [-0.2, -0.15) is 0 Å². The molecule has 0 atom stereocenters. The van der Waals surface area contributed by atoms with Gasteiger partial charge in [0.2, 0.25) is 0 Å². The van der Waals surface area contributed by atoms with Crippen LogP contribution < -0.4 is 5.32 Å². The zero-order valence-electron chi connectivity index (χ0n) is 13.7. The number of hydrogen-bond donors (Lipinski definition) is 1. The number of rotatable bonds is 5. The summed E-state index contributed by atoms with van der Waals surface area (Å²) < 4.78 is 1.88. The SMILES string of the molecule is CC(C)(CNC(=O)c1ccc(Cl)cc1)Cn1nnc2ccccc21. The maximum absolute atomic E-state index is 12.2. The van der Waals surface area contributed by atoms with E-state index in [4.69, 9.17) is 11.6 Å². The van der Waals surface area contributed by atoms with Crippen LogP contribution in [0.3, 0.4) is 0 Å². The van der Waals surface area contributed by atoms with Crippen molar-refractivity contribution in [2.75, 3.05) is 6.54 Å². The number of fused-ring (bicyclic) bond motifs is 1. The Bertz CT molecular complexity index is 855. The number of carbonyl (C=O) groups excluding carboxylic acids is 1. The number of halogens is 1. The van der Waals surface area contributed by atoms with E-state index in [1.807, 2.05) is 28.9 Å². The molecule has 0 aliphatic carbocycles. The second-order valence-corrected chi connectivity index (χ2v) is 7.03. The Hall–Kier alpha value is -2.40. The van der Waals surface area contributed by atoms with Gasteiger partial charge in [-0.3, -0.25) is 4.79 Å². The van der Waals surface area contributed by atoms with E-state index in [9.17, 15) is 4.79 Å². The molecule has 0 fully saturated rings. The predicted molar refractivity (Wildman–Crippen MR) is 95.1 cm³/mol. The number of hydrogen-bond acceptors (Lipinski definition) is 3. The van der Waals surface area contributed by atoms with Gasteiger partial charge in [-0.05, 0) is 36.4 Å². The standard InChI is InChI=1S/C18H19ClN4O/c1-18(2,11-20-17(24)13-7-9-14(19)10-8-13)12-23-16-6-4-3-5-15(16)21-22-23/h3-10H,11-12H2,1-2H3,(H,20,24). The molecule has 1 heterocycles. The van der Waals surface area contributed by atoms with Crippen molar-refractivity contribution < 1.29 is 4.79 Å². The summed E-state index contributed by atoms with van der Waals surface area (Å²) in [5.41, 5.74) is 2.30. The number of carbonyl (C=O) groups is 1. The normalized spacial score (nSPS) is 11.6. The van der Waals surface area contributed by atoms with Crippen molar-refractivity contribution >= 4 is 28.5 Å². The first-order valence-electron chi connectivity index (χ1n) is 7.77. The van der Waals surface area contributed by atoms with Gasteiger partial charge in [0.15, 0.2) is 0 Å². The topological polar surface area (TPSA) is 59.8 Å². The number of aromatic nitrogens is 3. The second-order valence-electron chi connectivity index (χ2n) is 6.59. The van der Waals surface area contributed by atoms with Gasteiger partial charge in [0.25, 0.3) is 5.91 Å². The van der Waals surface area contributed by atoms with Crippen molar-refractivity contribution in [2.24, 2.45) is 5.41 Å². The summed E-state index contributed by atoms with van der Waals surface area (Å²) in [5, 5.41) is 12.0. The summed E-state index contributed by atoms with van der Waals surface area (Å²) in [6, 6.07) is 14.7. The molecule has 0 saturated carbocycles. The molecule has 124 valence electrons. The van der Waals surface area contributed by atoms with E-state index in [-0.39, 0.29) is 11.3 Å². The molecule has 3 rings (SSSR count). The number of para-hydroxylation sites is 1. The fraction of sp³-hybridized carbons (Fsp3) is 0.278. The summed E-state index contributed by atoms with van der Waals surface area (Å²) in [5.74, 6) is -0.108. The molecule has 5 nitrogen and oxygen atoms in total. The molecule has 1 amide bonds. The van der Waals surface area contributed by atoms with Crippen LogP contribution in [0.15, 0.2) is 48.5 Å². The Balaban J connectivity index is 1.65. The van der Waals surface area contributed by atoms with Crippen molar-refractivity contribution in [3.05, 3.63) is 59.1 Å². The Labute approximate surface area is 145 Å². The van der Waals surface area contributed by atoms with Crippen LogP contribution in [-0.4, -0.2) is 27.4 Å². The summed E-state index contributed by atoms with van der Waals surface area (Å²) in [6.45, 7) is 5.37. The van der Waals surface area contributed by atoms with E-state index in [1.54, 1.807) is 24.3 Å². The van der Waals surface area contributed by atoms with Crippen molar-refractivity contribution in [3.8, 4) is 0 Å². The van der Waals surface area contributed by atoms with Crippen LogP contribution in [0.25, 0.3) is 11.0 Å². The van der Waals surface area contributed by atoms with Gasteiger partial charge < -0.3 is 5.32 Å². The molecule has 2 aromatic carbocycles. The first-order chi connectivity index (χ1) is 11.4. The van der Waals surface area contributed by atoms with E-state index in [0.29, 0.717) is 23.7 Å². The van der Waals surface area contributed by atoms with Gasteiger partial charge in [0.1, 0.15) is 5.52 Å². The Morgan fingerprint density at radius 1 is 1.17 bits per heavy atom. The molecular formula is C18H19ClN4O. The fourth-order valence-corrected chi connectivity index (χ4v) is 2.64. The van der Waals surface area contributed by atoms with E-state index < -0.39 is 0 Å². The Kier molecular flexibility index (Phi) is 4.53. The van der Waals surface area contributed by atoms with Crippen LogP contribution in [0, 0.1) is 5.41 Å². The molecule has 0 unspecified atom stereocenters. The van der Waals surface area contributed by atoms with Crippen molar-refractivity contribution in [3.63, 3.8) is 0 Å². The minimum absolute atomic E-state index is 0.108. The molecule has 3 aromatic rings. The zero-order chi connectivity index (χ0) is 17.2. The lowest BCUT2D eigenvalue weighted by atomic mass is 9.93. The van der Waals surface area contributed by atoms with E-state index in [1.165, 1.54) is 0 Å². The Morgan fingerprint density at radius 2 is 1.88 bits per heavy atom. The average Bonchev–Trinajstić information content (AvgIpc) is 2.96. The van der Waals surface area contributed by atoms with Gasteiger partial charge >= 0.3 is 0 Å². The van der Waals surface area contributed by atoms with Crippen molar-refractivity contribution in [1.29, 1.82) is 0 Å². The van der Waals surface area contributed by atoms with Crippen LogP contribution in [-0.2, 0) is 6.54 Å². The van der Waals surface area contributed by atoms with Gasteiger partial charge in [-0.1, -0.05) is 42.8 Å². The quantitative estimate of drug-likeness (QED) is 0.771. The van der Waals surface area contributed by atoms with E-state index >= 15 is 0 Å². The highest BCUT2D eigenvalue weighted by molar-refractivity contribution is 6.30. The van der Waals surface area contributed by atoms with Gasteiger partial charge in [0.05, 0.1) is 12.1 Å². The zero-order valence-corrected chi connectivity index (χ0v) is 14.4. The van der Waals surface area contributed by atoms with Crippen LogP contribution >= 0.6 is 11.6 Å². The lowest BCUT2D eigenvalue weighted by Crippen LogP contribution is -2.36.